The fourth-order valence-corrected chi connectivity index (χ4v) is 3.89. The van der Waals surface area contributed by atoms with Crippen LogP contribution in [0.5, 0.6) is 11.5 Å². The number of rotatable bonds is 8. The Bertz CT molecular complexity index is 576. The molecular formula is C13H20BrNO5S. The maximum atomic E-state index is 12.3. The summed E-state index contributed by atoms with van der Waals surface area (Å²) in [6.45, 7) is 2.15. The van der Waals surface area contributed by atoms with Gasteiger partial charge in [0.25, 0.3) is 0 Å². The SMILES string of the molecule is COc1cc(Br)c(S(=O)(=O)NCC(C)CCO)cc1OC. The lowest BCUT2D eigenvalue weighted by atomic mass is 10.1. The first-order chi connectivity index (χ1) is 9.85. The normalized spacial score (nSPS) is 13.0. The van der Waals surface area contributed by atoms with E-state index in [4.69, 9.17) is 14.6 Å². The molecule has 0 aliphatic heterocycles. The molecular weight excluding hydrogens is 362 g/mol. The van der Waals surface area contributed by atoms with Crippen molar-refractivity contribution in [1.29, 1.82) is 0 Å². The van der Waals surface area contributed by atoms with E-state index in [1.54, 1.807) is 6.07 Å². The van der Waals surface area contributed by atoms with Gasteiger partial charge in [0.2, 0.25) is 10.0 Å². The van der Waals surface area contributed by atoms with E-state index in [-0.39, 0.29) is 24.0 Å². The van der Waals surface area contributed by atoms with E-state index in [2.05, 4.69) is 20.7 Å². The van der Waals surface area contributed by atoms with Crippen LogP contribution in [0.15, 0.2) is 21.5 Å². The highest BCUT2D eigenvalue weighted by Crippen LogP contribution is 2.35. The lowest BCUT2D eigenvalue weighted by Gasteiger charge is -2.15. The zero-order valence-corrected chi connectivity index (χ0v) is 14.6. The largest absolute Gasteiger partial charge is 0.493 e. The number of nitrogens with one attached hydrogen (secondary N) is 1. The Morgan fingerprint density at radius 2 is 1.86 bits per heavy atom. The number of methoxy groups -OCH3 is 2. The summed E-state index contributed by atoms with van der Waals surface area (Å²) in [6, 6.07) is 2.95. The molecule has 0 fully saturated rings. The highest BCUT2D eigenvalue weighted by molar-refractivity contribution is 9.10. The number of benzene rings is 1. The van der Waals surface area contributed by atoms with Crippen molar-refractivity contribution in [2.75, 3.05) is 27.4 Å². The van der Waals surface area contributed by atoms with E-state index in [1.165, 1.54) is 20.3 Å². The minimum atomic E-state index is -3.68. The van der Waals surface area contributed by atoms with E-state index >= 15 is 0 Å². The summed E-state index contributed by atoms with van der Waals surface area (Å²) in [4.78, 5) is 0.0800. The number of halogens is 1. The Balaban J connectivity index is 3.02. The van der Waals surface area contributed by atoms with Gasteiger partial charge in [-0.2, -0.15) is 0 Å². The number of aliphatic hydroxyl groups is 1. The van der Waals surface area contributed by atoms with Gasteiger partial charge >= 0.3 is 0 Å². The molecule has 1 aromatic rings. The molecule has 0 aromatic heterocycles. The van der Waals surface area contributed by atoms with E-state index < -0.39 is 10.0 Å². The Morgan fingerprint density at radius 1 is 1.29 bits per heavy atom. The first-order valence-electron chi connectivity index (χ1n) is 6.37. The summed E-state index contributed by atoms with van der Waals surface area (Å²) in [6.07, 6.45) is 0.537. The zero-order chi connectivity index (χ0) is 16.0. The highest BCUT2D eigenvalue weighted by Gasteiger charge is 2.21. The predicted molar refractivity (Wildman–Crippen MR) is 83.3 cm³/mol. The molecule has 0 saturated heterocycles. The second-order valence-corrected chi connectivity index (χ2v) is 7.20. The number of aliphatic hydroxyl groups excluding tert-OH is 1. The fourth-order valence-electron chi connectivity index (χ4n) is 1.69. The molecule has 1 rings (SSSR count). The molecule has 1 aromatic carbocycles. The molecule has 0 aliphatic rings. The maximum absolute atomic E-state index is 12.3. The second-order valence-electron chi connectivity index (χ2n) is 4.61. The third-order valence-corrected chi connectivity index (χ3v) is 5.35. The van der Waals surface area contributed by atoms with Crippen LogP contribution in [0.3, 0.4) is 0 Å². The van der Waals surface area contributed by atoms with E-state index in [0.29, 0.717) is 22.4 Å². The molecule has 120 valence electrons. The van der Waals surface area contributed by atoms with Crippen molar-refractivity contribution in [3.05, 3.63) is 16.6 Å². The van der Waals surface area contributed by atoms with Crippen LogP contribution in [0.4, 0.5) is 0 Å². The first kappa shape index (κ1) is 18.2. The highest BCUT2D eigenvalue weighted by atomic mass is 79.9. The topological polar surface area (TPSA) is 84.9 Å². The number of hydrogen-bond donors (Lipinski definition) is 2. The van der Waals surface area contributed by atoms with Crippen molar-refractivity contribution < 1.29 is 23.0 Å². The standard InChI is InChI=1S/C13H20BrNO5S/c1-9(4-5-16)8-15-21(17,18)13-7-12(20-3)11(19-2)6-10(13)14/h6-7,9,15-16H,4-5,8H2,1-3H3. The summed E-state index contributed by atoms with van der Waals surface area (Å²) in [7, 11) is -0.753. The fraction of sp³-hybridized carbons (Fsp3) is 0.538. The molecule has 0 bridgehead atoms. The van der Waals surface area contributed by atoms with Gasteiger partial charge in [-0.05, 0) is 34.3 Å². The molecule has 1 atom stereocenters. The molecule has 8 heteroatoms. The molecule has 2 N–H and O–H groups in total. The van der Waals surface area contributed by atoms with E-state index in [0.717, 1.165) is 0 Å². The monoisotopic (exact) mass is 381 g/mol. The average Bonchev–Trinajstić information content (AvgIpc) is 2.45. The van der Waals surface area contributed by atoms with Crippen LogP contribution >= 0.6 is 15.9 Å². The Kier molecular flexibility index (Phi) is 6.92. The molecule has 1 unspecified atom stereocenters. The van der Waals surface area contributed by atoms with Crippen LogP contribution in [-0.4, -0.2) is 40.9 Å². The van der Waals surface area contributed by atoms with Crippen molar-refractivity contribution in [2.24, 2.45) is 5.92 Å². The van der Waals surface area contributed by atoms with Crippen LogP contribution in [0.1, 0.15) is 13.3 Å². The summed E-state index contributed by atoms with van der Waals surface area (Å²) >= 11 is 3.23. The summed E-state index contributed by atoms with van der Waals surface area (Å²) in [5, 5.41) is 8.84. The molecule has 0 spiro atoms. The van der Waals surface area contributed by atoms with Crippen molar-refractivity contribution in [3.8, 4) is 11.5 Å². The number of sulfonamides is 1. The summed E-state index contributed by atoms with van der Waals surface area (Å²) in [5.74, 6) is 0.824. The van der Waals surface area contributed by atoms with Gasteiger partial charge in [0.05, 0.1) is 14.2 Å². The van der Waals surface area contributed by atoms with Gasteiger partial charge in [0.15, 0.2) is 11.5 Å². The van der Waals surface area contributed by atoms with Gasteiger partial charge in [-0.1, -0.05) is 6.92 Å². The Hall–Kier alpha value is -0.830. The third kappa shape index (κ3) is 4.84. The number of ether oxygens (including phenoxy) is 2. The van der Waals surface area contributed by atoms with Gasteiger partial charge < -0.3 is 14.6 Å². The summed E-state index contributed by atoms with van der Waals surface area (Å²) < 4.78 is 37.8. The van der Waals surface area contributed by atoms with Crippen molar-refractivity contribution in [3.63, 3.8) is 0 Å². The van der Waals surface area contributed by atoms with Crippen LogP contribution in [0.2, 0.25) is 0 Å². The predicted octanol–water partition coefficient (Wildman–Crippen LogP) is 1.76. The maximum Gasteiger partial charge on any atom is 0.241 e. The van der Waals surface area contributed by atoms with E-state index in [9.17, 15) is 8.42 Å². The van der Waals surface area contributed by atoms with Crippen molar-refractivity contribution >= 4 is 26.0 Å². The average molecular weight is 382 g/mol. The van der Waals surface area contributed by atoms with Crippen molar-refractivity contribution in [1.82, 2.24) is 4.72 Å². The molecule has 0 radical (unpaired) electrons. The lowest BCUT2D eigenvalue weighted by molar-refractivity contribution is 0.263. The molecule has 0 heterocycles. The Morgan fingerprint density at radius 3 is 2.38 bits per heavy atom. The van der Waals surface area contributed by atoms with E-state index in [1.807, 2.05) is 6.92 Å². The van der Waals surface area contributed by atoms with Gasteiger partial charge in [0, 0.05) is 23.7 Å². The molecule has 0 saturated carbocycles. The lowest BCUT2D eigenvalue weighted by Crippen LogP contribution is -2.29. The van der Waals surface area contributed by atoms with Gasteiger partial charge in [0.1, 0.15) is 4.90 Å². The van der Waals surface area contributed by atoms with Gasteiger partial charge in [-0.25, -0.2) is 13.1 Å². The first-order valence-corrected chi connectivity index (χ1v) is 8.65. The summed E-state index contributed by atoms with van der Waals surface area (Å²) in [5.41, 5.74) is 0. The Labute approximate surface area is 133 Å². The second kappa shape index (κ2) is 7.98. The van der Waals surface area contributed by atoms with Crippen LogP contribution in [0, 0.1) is 5.92 Å². The quantitative estimate of drug-likeness (QED) is 0.716. The zero-order valence-electron chi connectivity index (χ0n) is 12.2. The van der Waals surface area contributed by atoms with Crippen LogP contribution in [-0.2, 0) is 10.0 Å². The molecule has 0 amide bonds. The number of hydrogen-bond acceptors (Lipinski definition) is 5. The van der Waals surface area contributed by atoms with Crippen molar-refractivity contribution in [2.45, 2.75) is 18.2 Å². The smallest absolute Gasteiger partial charge is 0.241 e. The minimum Gasteiger partial charge on any atom is -0.493 e. The van der Waals surface area contributed by atoms with Crippen LogP contribution < -0.4 is 14.2 Å². The third-order valence-electron chi connectivity index (χ3n) is 2.97. The van der Waals surface area contributed by atoms with Gasteiger partial charge in [-0.15, -0.1) is 0 Å². The van der Waals surface area contributed by atoms with Crippen LogP contribution in [0.25, 0.3) is 0 Å². The molecule has 0 aliphatic carbocycles. The minimum absolute atomic E-state index is 0.0307. The van der Waals surface area contributed by atoms with Gasteiger partial charge in [-0.3, -0.25) is 0 Å². The molecule has 21 heavy (non-hydrogen) atoms. The molecule has 6 nitrogen and oxygen atoms in total.